The largest absolute Gasteiger partial charge is 0.390 e. The van der Waals surface area contributed by atoms with E-state index < -0.39 is 5.60 Å². The molecule has 0 amide bonds. The van der Waals surface area contributed by atoms with Gasteiger partial charge >= 0.3 is 0 Å². The van der Waals surface area contributed by atoms with Crippen molar-refractivity contribution in [3.8, 4) is 0 Å². The molecule has 3 N–H and O–H groups in total. The molecule has 0 saturated carbocycles. The highest BCUT2D eigenvalue weighted by Crippen LogP contribution is 2.27. The van der Waals surface area contributed by atoms with Crippen molar-refractivity contribution in [1.29, 1.82) is 0 Å². The average molecular weight is 238 g/mol. The summed E-state index contributed by atoms with van der Waals surface area (Å²) in [7, 11) is 1.91. The summed E-state index contributed by atoms with van der Waals surface area (Å²) in [5.41, 5.74) is 6.53. The number of nitrogens with two attached hydrogens (primary N) is 1. The van der Waals surface area contributed by atoms with Gasteiger partial charge in [-0.2, -0.15) is 5.10 Å². The van der Waals surface area contributed by atoms with E-state index in [1.165, 1.54) is 0 Å². The predicted octanol–water partition coefficient (Wildman–Crippen LogP) is 0.267. The molecule has 0 aromatic carbocycles. The van der Waals surface area contributed by atoms with E-state index in [1.54, 1.807) is 4.68 Å². The second kappa shape index (κ2) is 4.76. The van der Waals surface area contributed by atoms with Crippen molar-refractivity contribution in [3.63, 3.8) is 0 Å². The van der Waals surface area contributed by atoms with Gasteiger partial charge in [-0.05, 0) is 19.8 Å². The molecule has 0 spiro atoms. The fourth-order valence-electron chi connectivity index (χ4n) is 2.43. The lowest BCUT2D eigenvalue weighted by molar-refractivity contribution is -0.0160. The molecule has 0 aliphatic carbocycles. The number of piperidine rings is 1. The fourth-order valence-corrected chi connectivity index (χ4v) is 2.43. The Morgan fingerprint density at radius 1 is 1.53 bits per heavy atom. The summed E-state index contributed by atoms with van der Waals surface area (Å²) in [5, 5.41) is 14.1. The van der Waals surface area contributed by atoms with Gasteiger partial charge in [0.15, 0.2) is 0 Å². The van der Waals surface area contributed by atoms with Gasteiger partial charge in [-0.1, -0.05) is 0 Å². The Bertz CT molecular complexity index is 364. The Morgan fingerprint density at radius 3 is 2.65 bits per heavy atom. The Kier molecular flexibility index (Phi) is 3.51. The van der Waals surface area contributed by atoms with Crippen LogP contribution < -0.4 is 5.73 Å². The Morgan fingerprint density at radius 2 is 2.18 bits per heavy atom. The summed E-state index contributed by atoms with van der Waals surface area (Å²) in [6.07, 6.45) is 5.52. The first-order valence-electron chi connectivity index (χ1n) is 6.17. The van der Waals surface area contributed by atoms with Gasteiger partial charge in [-0.25, -0.2) is 0 Å². The van der Waals surface area contributed by atoms with E-state index in [1.807, 2.05) is 26.4 Å². The van der Waals surface area contributed by atoms with Crippen LogP contribution in [-0.2, 0) is 7.05 Å². The van der Waals surface area contributed by atoms with Crippen LogP contribution in [0.2, 0.25) is 0 Å². The van der Waals surface area contributed by atoms with Crippen LogP contribution in [0.25, 0.3) is 0 Å². The maximum atomic E-state index is 9.95. The molecule has 1 aliphatic rings. The van der Waals surface area contributed by atoms with Crippen molar-refractivity contribution < 1.29 is 5.11 Å². The first-order chi connectivity index (χ1) is 8.02. The van der Waals surface area contributed by atoms with Gasteiger partial charge < -0.3 is 10.8 Å². The van der Waals surface area contributed by atoms with Crippen LogP contribution in [0, 0.1) is 0 Å². The number of aryl methyl sites for hydroxylation is 1. The standard InChI is InChI=1S/C12H22N4O/c1-12(17)3-5-16(6-4-12)11(7-13)10-8-14-15(2)9-10/h8-9,11,17H,3-7,13H2,1-2H3. The van der Waals surface area contributed by atoms with Gasteiger partial charge in [-0.15, -0.1) is 0 Å². The van der Waals surface area contributed by atoms with Crippen LogP contribution in [0.15, 0.2) is 12.4 Å². The molecule has 5 heteroatoms. The summed E-state index contributed by atoms with van der Waals surface area (Å²) in [4.78, 5) is 2.34. The molecule has 2 rings (SSSR count). The number of hydrogen-bond donors (Lipinski definition) is 2. The number of hydrogen-bond acceptors (Lipinski definition) is 4. The van der Waals surface area contributed by atoms with E-state index in [4.69, 9.17) is 5.73 Å². The van der Waals surface area contributed by atoms with Crippen LogP contribution >= 0.6 is 0 Å². The molecular weight excluding hydrogens is 216 g/mol. The SMILES string of the molecule is Cn1cc(C(CN)N2CCC(C)(O)CC2)cn1. The minimum atomic E-state index is -0.509. The molecule has 1 unspecified atom stereocenters. The number of likely N-dealkylation sites (tertiary alicyclic amines) is 1. The second-order valence-corrected chi connectivity index (χ2v) is 5.23. The first kappa shape index (κ1) is 12.5. The van der Waals surface area contributed by atoms with Crippen molar-refractivity contribution in [1.82, 2.24) is 14.7 Å². The molecule has 1 aliphatic heterocycles. The highest BCUT2D eigenvalue weighted by Gasteiger charge is 2.31. The third-order valence-corrected chi connectivity index (χ3v) is 3.65. The smallest absolute Gasteiger partial charge is 0.0644 e. The number of nitrogens with zero attached hydrogens (tertiary/aromatic N) is 3. The van der Waals surface area contributed by atoms with Crippen LogP contribution in [-0.4, -0.2) is 45.0 Å². The lowest BCUT2D eigenvalue weighted by Crippen LogP contribution is -2.45. The van der Waals surface area contributed by atoms with Gasteiger partial charge in [0, 0.05) is 38.4 Å². The van der Waals surface area contributed by atoms with E-state index in [0.29, 0.717) is 6.54 Å². The topological polar surface area (TPSA) is 67.3 Å². The zero-order valence-electron chi connectivity index (χ0n) is 10.6. The Hall–Kier alpha value is -0.910. The molecule has 2 heterocycles. The molecular formula is C12H22N4O. The number of aliphatic hydroxyl groups is 1. The van der Waals surface area contributed by atoms with Crippen molar-refractivity contribution in [2.45, 2.75) is 31.4 Å². The minimum Gasteiger partial charge on any atom is -0.390 e. The monoisotopic (exact) mass is 238 g/mol. The molecule has 0 radical (unpaired) electrons. The first-order valence-corrected chi connectivity index (χ1v) is 6.17. The van der Waals surface area contributed by atoms with Crippen molar-refractivity contribution in [2.75, 3.05) is 19.6 Å². The Labute approximate surface area is 102 Å². The summed E-state index contributed by atoms with van der Waals surface area (Å²) >= 11 is 0. The van der Waals surface area contributed by atoms with E-state index >= 15 is 0 Å². The minimum absolute atomic E-state index is 0.222. The lowest BCUT2D eigenvalue weighted by atomic mass is 9.92. The normalized spacial score (nSPS) is 22.6. The molecule has 1 atom stereocenters. The third-order valence-electron chi connectivity index (χ3n) is 3.65. The molecule has 96 valence electrons. The number of rotatable bonds is 3. The van der Waals surface area contributed by atoms with E-state index in [2.05, 4.69) is 10.00 Å². The molecule has 17 heavy (non-hydrogen) atoms. The third kappa shape index (κ3) is 2.86. The summed E-state index contributed by atoms with van der Waals surface area (Å²) in [6.45, 7) is 4.28. The average Bonchev–Trinajstić information content (AvgIpc) is 2.68. The fraction of sp³-hybridized carbons (Fsp3) is 0.750. The molecule has 1 fully saturated rings. The van der Waals surface area contributed by atoms with Crippen LogP contribution in [0.3, 0.4) is 0 Å². The zero-order valence-corrected chi connectivity index (χ0v) is 10.6. The summed E-state index contributed by atoms with van der Waals surface area (Å²) in [6, 6.07) is 0.222. The van der Waals surface area contributed by atoms with Gasteiger partial charge in [0.25, 0.3) is 0 Å². The number of aromatic nitrogens is 2. The van der Waals surface area contributed by atoms with Crippen LogP contribution in [0.4, 0.5) is 0 Å². The van der Waals surface area contributed by atoms with Crippen molar-refractivity contribution >= 4 is 0 Å². The highest BCUT2D eigenvalue weighted by molar-refractivity contribution is 5.11. The predicted molar refractivity (Wildman–Crippen MR) is 66.4 cm³/mol. The van der Waals surface area contributed by atoms with E-state index in [0.717, 1.165) is 31.5 Å². The maximum Gasteiger partial charge on any atom is 0.0644 e. The molecule has 1 saturated heterocycles. The lowest BCUT2D eigenvalue weighted by Gasteiger charge is -2.39. The zero-order chi connectivity index (χ0) is 12.5. The van der Waals surface area contributed by atoms with Gasteiger partial charge in [-0.3, -0.25) is 9.58 Å². The summed E-state index contributed by atoms with van der Waals surface area (Å²) < 4.78 is 1.80. The van der Waals surface area contributed by atoms with E-state index in [9.17, 15) is 5.11 Å². The maximum absolute atomic E-state index is 9.95. The summed E-state index contributed by atoms with van der Waals surface area (Å²) in [5.74, 6) is 0. The van der Waals surface area contributed by atoms with Gasteiger partial charge in [0.2, 0.25) is 0 Å². The second-order valence-electron chi connectivity index (χ2n) is 5.23. The molecule has 1 aromatic heterocycles. The van der Waals surface area contributed by atoms with Crippen molar-refractivity contribution in [3.05, 3.63) is 18.0 Å². The molecule has 1 aromatic rings. The van der Waals surface area contributed by atoms with Crippen molar-refractivity contribution in [2.24, 2.45) is 12.8 Å². The molecule has 5 nitrogen and oxygen atoms in total. The van der Waals surface area contributed by atoms with Crippen LogP contribution in [0.1, 0.15) is 31.4 Å². The van der Waals surface area contributed by atoms with Gasteiger partial charge in [0.05, 0.1) is 17.8 Å². The molecule has 0 bridgehead atoms. The Balaban J connectivity index is 2.05. The quantitative estimate of drug-likeness (QED) is 0.793. The highest BCUT2D eigenvalue weighted by atomic mass is 16.3. The van der Waals surface area contributed by atoms with E-state index in [-0.39, 0.29) is 6.04 Å². The van der Waals surface area contributed by atoms with Crippen LogP contribution in [0.5, 0.6) is 0 Å². The van der Waals surface area contributed by atoms with Gasteiger partial charge in [0.1, 0.15) is 0 Å².